The molecule has 1 aliphatic heterocycles. The van der Waals surface area contributed by atoms with Crippen LogP contribution in [-0.2, 0) is 0 Å². The van der Waals surface area contributed by atoms with Crippen LogP contribution < -0.4 is 16.2 Å². The fourth-order valence-corrected chi connectivity index (χ4v) is 2.31. The number of aromatic nitrogens is 2. The summed E-state index contributed by atoms with van der Waals surface area (Å²) in [7, 11) is 0. The molecule has 2 rings (SSSR count). The first kappa shape index (κ1) is 12.1. The lowest BCUT2D eigenvalue weighted by atomic mass is 10.00. The second kappa shape index (κ2) is 5.79. The van der Waals surface area contributed by atoms with E-state index >= 15 is 0 Å². The van der Waals surface area contributed by atoms with E-state index in [1.54, 1.807) is 12.4 Å². The predicted molar refractivity (Wildman–Crippen MR) is 66.5 cm³/mol. The van der Waals surface area contributed by atoms with Crippen LogP contribution in [0, 0.1) is 0 Å². The van der Waals surface area contributed by atoms with E-state index in [1.807, 2.05) is 0 Å². The summed E-state index contributed by atoms with van der Waals surface area (Å²) in [5.74, 6) is 6.73. The van der Waals surface area contributed by atoms with Crippen LogP contribution in [0.1, 0.15) is 25.7 Å². The third-order valence-electron chi connectivity index (χ3n) is 3.15. The first-order chi connectivity index (χ1) is 8.35. The van der Waals surface area contributed by atoms with Crippen molar-refractivity contribution in [2.45, 2.75) is 31.7 Å². The van der Waals surface area contributed by atoms with Crippen molar-refractivity contribution in [3.05, 3.63) is 12.4 Å². The number of nitrogens with one attached hydrogen (secondary N) is 1. The lowest BCUT2D eigenvalue weighted by molar-refractivity contribution is 0.262. The summed E-state index contributed by atoms with van der Waals surface area (Å²) in [6.45, 7) is 1.18. The van der Waals surface area contributed by atoms with E-state index in [0.717, 1.165) is 31.6 Å². The fraction of sp³-hybridized carbons (Fsp3) is 0.636. The molecule has 1 atom stereocenters. The number of hydrogen-bond acceptors (Lipinski definition) is 6. The number of nitrogen functional groups attached to an aromatic ring is 1. The van der Waals surface area contributed by atoms with Gasteiger partial charge in [0.15, 0.2) is 5.82 Å². The zero-order valence-corrected chi connectivity index (χ0v) is 9.84. The number of rotatable bonds is 4. The number of piperidine rings is 1. The second-order valence-electron chi connectivity index (χ2n) is 4.26. The largest absolute Gasteiger partial charge is 0.396 e. The molecule has 0 spiro atoms. The Hall–Kier alpha value is -1.40. The molecule has 6 nitrogen and oxygen atoms in total. The summed E-state index contributed by atoms with van der Waals surface area (Å²) in [6.07, 6.45) is 7.59. The Morgan fingerprint density at radius 2 is 2.35 bits per heavy atom. The third kappa shape index (κ3) is 2.83. The van der Waals surface area contributed by atoms with Crippen molar-refractivity contribution in [2.75, 3.05) is 23.5 Å². The molecule has 1 aromatic heterocycles. The smallest absolute Gasteiger partial charge is 0.160 e. The van der Waals surface area contributed by atoms with E-state index in [1.165, 1.54) is 6.42 Å². The maximum absolute atomic E-state index is 9.09. The standard InChI is InChI=1S/C11H19N5O/c12-15-10-7-13-8-11(14-10)16-5-2-1-3-9(16)4-6-17/h7-9,17H,1-6,12H2,(H,14,15). The van der Waals surface area contributed by atoms with Gasteiger partial charge >= 0.3 is 0 Å². The Morgan fingerprint density at radius 1 is 1.47 bits per heavy atom. The Morgan fingerprint density at radius 3 is 3.12 bits per heavy atom. The number of aliphatic hydroxyl groups excluding tert-OH is 1. The summed E-state index contributed by atoms with van der Waals surface area (Å²) < 4.78 is 0. The Bertz CT molecular complexity index is 357. The van der Waals surface area contributed by atoms with Crippen LogP contribution in [0.4, 0.5) is 11.6 Å². The van der Waals surface area contributed by atoms with Crippen molar-refractivity contribution < 1.29 is 5.11 Å². The molecule has 0 saturated carbocycles. The summed E-state index contributed by atoms with van der Waals surface area (Å²) in [4.78, 5) is 10.7. The van der Waals surface area contributed by atoms with Crippen LogP contribution >= 0.6 is 0 Å². The molecule has 0 amide bonds. The molecule has 1 fully saturated rings. The van der Waals surface area contributed by atoms with Gasteiger partial charge in [-0.05, 0) is 25.7 Å². The van der Waals surface area contributed by atoms with Gasteiger partial charge in [0, 0.05) is 19.2 Å². The molecule has 4 N–H and O–H groups in total. The molecule has 6 heteroatoms. The highest BCUT2D eigenvalue weighted by Gasteiger charge is 2.23. The normalized spacial score (nSPS) is 20.4. The Labute approximate surface area is 101 Å². The van der Waals surface area contributed by atoms with Crippen molar-refractivity contribution in [1.29, 1.82) is 0 Å². The molecule has 1 aromatic rings. The fourth-order valence-electron chi connectivity index (χ4n) is 2.31. The van der Waals surface area contributed by atoms with Crippen LogP contribution in [0.3, 0.4) is 0 Å². The number of hydrogen-bond donors (Lipinski definition) is 3. The molecule has 0 aliphatic carbocycles. The lowest BCUT2D eigenvalue weighted by Gasteiger charge is -2.36. The van der Waals surface area contributed by atoms with E-state index in [0.29, 0.717) is 11.9 Å². The summed E-state index contributed by atoms with van der Waals surface area (Å²) in [5, 5.41) is 9.09. The van der Waals surface area contributed by atoms with E-state index in [2.05, 4.69) is 20.3 Å². The maximum Gasteiger partial charge on any atom is 0.160 e. The van der Waals surface area contributed by atoms with Gasteiger partial charge in [-0.2, -0.15) is 0 Å². The van der Waals surface area contributed by atoms with E-state index in [-0.39, 0.29) is 6.61 Å². The average molecular weight is 237 g/mol. The van der Waals surface area contributed by atoms with Crippen LogP contribution in [0.25, 0.3) is 0 Å². The second-order valence-corrected chi connectivity index (χ2v) is 4.26. The molecular formula is C11H19N5O. The van der Waals surface area contributed by atoms with Crippen molar-refractivity contribution in [3.63, 3.8) is 0 Å². The van der Waals surface area contributed by atoms with E-state index in [4.69, 9.17) is 10.9 Å². The molecule has 0 aromatic carbocycles. The van der Waals surface area contributed by atoms with Crippen LogP contribution in [-0.4, -0.2) is 34.3 Å². The van der Waals surface area contributed by atoms with Gasteiger partial charge in [0.2, 0.25) is 0 Å². The molecule has 1 saturated heterocycles. The van der Waals surface area contributed by atoms with Gasteiger partial charge in [0.1, 0.15) is 5.82 Å². The monoisotopic (exact) mass is 237 g/mol. The van der Waals surface area contributed by atoms with Crippen LogP contribution in [0.5, 0.6) is 0 Å². The minimum atomic E-state index is 0.212. The molecule has 2 heterocycles. The molecule has 1 aliphatic rings. The molecule has 94 valence electrons. The first-order valence-corrected chi connectivity index (χ1v) is 6.01. The van der Waals surface area contributed by atoms with E-state index < -0.39 is 0 Å². The van der Waals surface area contributed by atoms with Crippen molar-refractivity contribution >= 4 is 11.6 Å². The lowest BCUT2D eigenvalue weighted by Crippen LogP contribution is -2.40. The summed E-state index contributed by atoms with van der Waals surface area (Å²) >= 11 is 0. The van der Waals surface area contributed by atoms with Crippen molar-refractivity contribution in [1.82, 2.24) is 9.97 Å². The predicted octanol–water partition coefficient (Wildman–Crippen LogP) is 0.503. The number of nitrogens with two attached hydrogens (primary N) is 1. The molecular weight excluding hydrogens is 218 g/mol. The highest BCUT2D eigenvalue weighted by molar-refractivity contribution is 5.44. The van der Waals surface area contributed by atoms with Gasteiger partial charge in [-0.15, -0.1) is 0 Å². The van der Waals surface area contributed by atoms with Gasteiger partial charge in [-0.1, -0.05) is 0 Å². The SMILES string of the molecule is NNc1cncc(N2CCCCC2CCO)n1. The number of nitrogens with zero attached hydrogens (tertiary/aromatic N) is 3. The van der Waals surface area contributed by atoms with Crippen molar-refractivity contribution in [3.8, 4) is 0 Å². The Balaban J connectivity index is 2.16. The topological polar surface area (TPSA) is 87.3 Å². The van der Waals surface area contributed by atoms with E-state index in [9.17, 15) is 0 Å². The van der Waals surface area contributed by atoms with Crippen LogP contribution in [0.15, 0.2) is 12.4 Å². The number of anilines is 2. The maximum atomic E-state index is 9.09. The zero-order chi connectivity index (χ0) is 12.1. The number of aliphatic hydroxyl groups is 1. The highest BCUT2D eigenvalue weighted by Crippen LogP contribution is 2.24. The third-order valence-corrected chi connectivity index (χ3v) is 3.15. The quantitative estimate of drug-likeness (QED) is 0.522. The molecule has 1 unspecified atom stereocenters. The molecule has 17 heavy (non-hydrogen) atoms. The number of hydrazine groups is 1. The van der Waals surface area contributed by atoms with Crippen molar-refractivity contribution in [2.24, 2.45) is 5.84 Å². The van der Waals surface area contributed by atoms with Gasteiger partial charge in [-0.3, -0.25) is 4.98 Å². The van der Waals surface area contributed by atoms with Crippen LogP contribution in [0.2, 0.25) is 0 Å². The van der Waals surface area contributed by atoms with Gasteiger partial charge in [-0.25, -0.2) is 10.8 Å². The molecule has 0 radical (unpaired) electrons. The minimum absolute atomic E-state index is 0.212. The Kier molecular flexibility index (Phi) is 4.11. The van der Waals surface area contributed by atoms with Gasteiger partial charge < -0.3 is 15.4 Å². The summed E-state index contributed by atoms with van der Waals surface area (Å²) in [6, 6.07) is 0.357. The van der Waals surface area contributed by atoms with Gasteiger partial charge in [0.05, 0.1) is 12.4 Å². The first-order valence-electron chi connectivity index (χ1n) is 6.01. The zero-order valence-electron chi connectivity index (χ0n) is 9.84. The highest BCUT2D eigenvalue weighted by atomic mass is 16.3. The molecule has 0 bridgehead atoms. The average Bonchev–Trinajstić information content (AvgIpc) is 2.40. The van der Waals surface area contributed by atoms with Gasteiger partial charge in [0.25, 0.3) is 0 Å². The summed E-state index contributed by atoms with van der Waals surface area (Å²) in [5.41, 5.74) is 2.50. The minimum Gasteiger partial charge on any atom is -0.396 e.